The molecule has 0 aliphatic carbocycles. The quantitative estimate of drug-likeness (QED) is 0.389. The zero-order valence-corrected chi connectivity index (χ0v) is 9.65. The lowest BCUT2D eigenvalue weighted by molar-refractivity contribution is -0.385. The Bertz CT molecular complexity index is 422. The van der Waals surface area contributed by atoms with Gasteiger partial charge < -0.3 is 4.98 Å². The number of carbonyl (C=O) groups excluding carboxylic acids is 1. The molecule has 0 amide bonds. The van der Waals surface area contributed by atoms with Crippen LogP contribution in [0, 0.1) is 17.0 Å². The molecule has 15 heavy (non-hydrogen) atoms. The van der Waals surface area contributed by atoms with Crippen molar-refractivity contribution >= 4 is 46.3 Å². The number of hydrogen-bond acceptors (Lipinski definition) is 3. The Balaban J connectivity index is 3.28. The van der Waals surface area contributed by atoms with Crippen molar-refractivity contribution in [1.29, 1.82) is 0 Å². The van der Waals surface area contributed by atoms with E-state index in [9.17, 15) is 14.9 Å². The largest absolute Gasteiger partial charge is 0.353 e. The van der Waals surface area contributed by atoms with Crippen LogP contribution in [-0.4, -0.2) is 19.5 Å². The highest BCUT2D eigenvalue weighted by molar-refractivity contribution is 6.77. The summed E-state index contributed by atoms with van der Waals surface area (Å²) in [5.41, 5.74) is -0.374. The molecule has 0 aliphatic heterocycles. The fraction of sp³-hybridized carbons (Fsp3) is 0.286. The molecule has 0 unspecified atom stereocenters. The van der Waals surface area contributed by atoms with E-state index in [2.05, 4.69) is 4.98 Å². The number of nitrogens with zero attached hydrogens (tertiary/aromatic N) is 1. The van der Waals surface area contributed by atoms with Crippen LogP contribution in [0.3, 0.4) is 0 Å². The number of alkyl halides is 3. The Labute approximate surface area is 99.5 Å². The molecule has 1 aromatic heterocycles. The minimum atomic E-state index is -2.21. The van der Waals surface area contributed by atoms with Gasteiger partial charge >= 0.3 is 5.69 Å². The molecule has 1 aromatic rings. The average molecular weight is 271 g/mol. The lowest BCUT2D eigenvalue weighted by Crippen LogP contribution is -2.20. The van der Waals surface area contributed by atoms with E-state index >= 15 is 0 Å². The summed E-state index contributed by atoms with van der Waals surface area (Å²) in [5.74, 6) is -0.952. The first-order valence-electron chi connectivity index (χ1n) is 3.69. The number of aromatic amines is 1. The zero-order chi connectivity index (χ0) is 11.8. The molecule has 8 heteroatoms. The maximum atomic E-state index is 11.5. The van der Waals surface area contributed by atoms with Gasteiger partial charge in [-0.05, 0) is 6.92 Å². The molecule has 0 atom stereocenters. The number of nitrogens with one attached hydrogen (secondary N) is 1. The Morgan fingerprint density at radius 2 is 2.07 bits per heavy atom. The summed E-state index contributed by atoms with van der Waals surface area (Å²) < 4.78 is -2.21. The van der Waals surface area contributed by atoms with Gasteiger partial charge in [-0.2, -0.15) is 0 Å². The maximum Gasteiger partial charge on any atom is 0.300 e. The van der Waals surface area contributed by atoms with Crippen molar-refractivity contribution in [3.63, 3.8) is 0 Å². The van der Waals surface area contributed by atoms with E-state index < -0.39 is 14.5 Å². The van der Waals surface area contributed by atoms with Gasteiger partial charge in [-0.1, -0.05) is 34.8 Å². The smallest absolute Gasteiger partial charge is 0.300 e. The summed E-state index contributed by atoms with van der Waals surface area (Å²) in [4.78, 5) is 23.8. The van der Waals surface area contributed by atoms with Gasteiger partial charge in [-0.15, -0.1) is 0 Å². The first-order chi connectivity index (χ1) is 6.75. The second-order valence-electron chi connectivity index (χ2n) is 2.78. The van der Waals surface area contributed by atoms with Crippen molar-refractivity contribution in [2.75, 3.05) is 0 Å². The van der Waals surface area contributed by atoms with Gasteiger partial charge in [-0.3, -0.25) is 14.9 Å². The number of nitro groups is 1. The summed E-state index contributed by atoms with van der Waals surface area (Å²) in [6.07, 6.45) is 1.31. The predicted molar refractivity (Wildman–Crippen MR) is 56.8 cm³/mol. The normalized spacial score (nSPS) is 11.5. The van der Waals surface area contributed by atoms with Crippen molar-refractivity contribution in [3.05, 3.63) is 27.6 Å². The van der Waals surface area contributed by atoms with Crippen LogP contribution < -0.4 is 0 Å². The average Bonchev–Trinajstić information content (AvgIpc) is 2.43. The second-order valence-corrected chi connectivity index (χ2v) is 5.06. The van der Waals surface area contributed by atoms with Gasteiger partial charge in [0.15, 0.2) is 5.69 Å². The first kappa shape index (κ1) is 12.3. The SMILES string of the molecule is Cc1c[nH]c(C(=O)C(Cl)(Cl)Cl)c1[N+](=O)[O-]. The molecule has 5 nitrogen and oxygen atoms in total. The van der Waals surface area contributed by atoms with Crippen LogP contribution >= 0.6 is 34.8 Å². The molecule has 0 spiro atoms. The third kappa shape index (κ3) is 2.42. The fourth-order valence-electron chi connectivity index (χ4n) is 1.06. The van der Waals surface area contributed by atoms with Gasteiger partial charge in [0.2, 0.25) is 5.78 Å². The van der Waals surface area contributed by atoms with Crippen molar-refractivity contribution < 1.29 is 9.72 Å². The highest BCUT2D eigenvalue weighted by Gasteiger charge is 2.38. The highest BCUT2D eigenvalue weighted by atomic mass is 35.6. The number of Topliss-reactive ketones (excluding diaryl/α,β-unsaturated/α-hetero) is 1. The Hall–Kier alpha value is -0.780. The van der Waals surface area contributed by atoms with E-state index in [4.69, 9.17) is 34.8 Å². The number of rotatable bonds is 2. The Morgan fingerprint density at radius 3 is 2.47 bits per heavy atom. The molecule has 0 radical (unpaired) electrons. The number of halogens is 3. The van der Waals surface area contributed by atoms with Crippen LogP contribution in [-0.2, 0) is 0 Å². The number of ketones is 1. The molecular formula is C7H5Cl3N2O3. The molecule has 0 fully saturated rings. The van der Waals surface area contributed by atoms with Crippen molar-refractivity contribution in [3.8, 4) is 0 Å². The number of aromatic nitrogens is 1. The molecule has 0 saturated carbocycles. The van der Waals surface area contributed by atoms with Crippen molar-refractivity contribution in [2.24, 2.45) is 0 Å². The van der Waals surface area contributed by atoms with Gasteiger partial charge in [-0.25, -0.2) is 0 Å². The van der Waals surface area contributed by atoms with E-state index in [0.717, 1.165) is 0 Å². The van der Waals surface area contributed by atoms with Gasteiger partial charge in [0, 0.05) is 11.8 Å². The fourth-order valence-corrected chi connectivity index (χ4v) is 1.35. The maximum absolute atomic E-state index is 11.5. The summed E-state index contributed by atoms with van der Waals surface area (Å²) in [7, 11) is 0. The minimum absolute atomic E-state index is 0.303. The van der Waals surface area contributed by atoms with Gasteiger partial charge in [0.05, 0.1) is 4.92 Å². The number of hydrogen-bond donors (Lipinski definition) is 1. The molecule has 1 heterocycles. The summed E-state index contributed by atoms with van der Waals surface area (Å²) in [6, 6.07) is 0. The molecule has 0 bridgehead atoms. The predicted octanol–water partition coefficient (Wildman–Crippen LogP) is 2.78. The van der Waals surface area contributed by atoms with E-state index in [0.29, 0.717) is 5.56 Å². The van der Waals surface area contributed by atoms with Gasteiger partial charge in [0.25, 0.3) is 3.79 Å². The lowest BCUT2D eigenvalue weighted by Gasteiger charge is -2.06. The summed E-state index contributed by atoms with van der Waals surface area (Å²) >= 11 is 16.0. The number of H-pyrrole nitrogens is 1. The Morgan fingerprint density at radius 1 is 1.53 bits per heavy atom. The minimum Gasteiger partial charge on any atom is -0.353 e. The van der Waals surface area contributed by atoms with Gasteiger partial charge in [0.1, 0.15) is 0 Å². The van der Waals surface area contributed by atoms with Crippen LogP contribution in [0.2, 0.25) is 0 Å². The standard InChI is InChI=1S/C7H5Cl3N2O3/c1-3-2-11-4(5(3)12(14)15)6(13)7(8,9)10/h2,11H,1H3. The van der Waals surface area contributed by atoms with Crippen molar-refractivity contribution in [1.82, 2.24) is 4.98 Å². The van der Waals surface area contributed by atoms with E-state index in [1.165, 1.54) is 13.1 Å². The molecule has 0 saturated heterocycles. The third-order valence-electron chi connectivity index (χ3n) is 1.71. The molecule has 82 valence electrons. The topological polar surface area (TPSA) is 76.0 Å². The monoisotopic (exact) mass is 270 g/mol. The second kappa shape index (κ2) is 4.00. The van der Waals surface area contributed by atoms with Crippen LogP contribution in [0.1, 0.15) is 16.1 Å². The molecule has 1 rings (SSSR count). The highest BCUT2D eigenvalue weighted by Crippen LogP contribution is 2.34. The summed E-state index contributed by atoms with van der Waals surface area (Å²) in [6.45, 7) is 1.48. The molecule has 0 aliphatic rings. The molecular weight excluding hydrogens is 266 g/mol. The van der Waals surface area contributed by atoms with Crippen LogP contribution in [0.15, 0.2) is 6.20 Å². The molecule has 0 aromatic carbocycles. The van der Waals surface area contributed by atoms with E-state index in [1.807, 2.05) is 0 Å². The number of carbonyl (C=O) groups is 1. The van der Waals surface area contributed by atoms with Crippen molar-refractivity contribution in [2.45, 2.75) is 10.7 Å². The van der Waals surface area contributed by atoms with Crippen LogP contribution in [0.5, 0.6) is 0 Å². The Kier molecular flexibility index (Phi) is 3.28. The van der Waals surface area contributed by atoms with E-state index in [1.54, 1.807) is 0 Å². The zero-order valence-electron chi connectivity index (χ0n) is 7.38. The first-order valence-corrected chi connectivity index (χ1v) is 4.82. The third-order valence-corrected chi connectivity index (χ3v) is 2.23. The summed E-state index contributed by atoms with van der Waals surface area (Å²) in [5, 5.41) is 10.6. The lowest BCUT2D eigenvalue weighted by atomic mass is 10.2. The van der Waals surface area contributed by atoms with Crippen LogP contribution in [0.25, 0.3) is 0 Å². The molecule has 1 N–H and O–H groups in total. The van der Waals surface area contributed by atoms with Crippen LogP contribution in [0.4, 0.5) is 5.69 Å². The van der Waals surface area contributed by atoms with E-state index in [-0.39, 0.29) is 11.4 Å². The number of aryl methyl sites for hydroxylation is 1.